The molecule has 0 aliphatic carbocycles. The highest BCUT2D eigenvalue weighted by atomic mass is 35.5. The van der Waals surface area contributed by atoms with Gasteiger partial charge in [-0.3, -0.25) is 0 Å². The van der Waals surface area contributed by atoms with Crippen molar-refractivity contribution in [1.82, 2.24) is 30.0 Å². The standard InChI is InChI=1S/C17H13ClN6OS2/c18-13-6-8-14(9-7-13)24-17(25)23(21-22-24)10-15-19-20-16(27-15)26-11-12-4-2-1-3-5-12/h1-9H,10-11H2. The lowest BCUT2D eigenvalue weighted by molar-refractivity contribution is 0.625. The molecule has 0 radical (unpaired) electrons. The van der Waals surface area contributed by atoms with Crippen LogP contribution in [0.2, 0.25) is 5.02 Å². The van der Waals surface area contributed by atoms with Crippen molar-refractivity contribution >= 4 is 34.7 Å². The number of benzene rings is 2. The van der Waals surface area contributed by atoms with Crippen LogP contribution in [-0.4, -0.2) is 30.0 Å². The Morgan fingerprint density at radius 2 is 1.78 bits per heavy atom. The molecule has 0 spiro atoms. The van der Waals surface area contributed by atoms with Crippen LogP contribution in [0.1, 0.15) is 10.6 Å². The van der Waals surface area contributed by atoms with Gasteiger partial charge in [0.2, 0.25) is 0 Å². The maximum absolute atomic E-state index is 12.5. The maximum atomic E-state index is 12.5. The van der Waals surface area contributed by atoms with Gasteiger partial charge in [0.1, 0.15) is 11.6 Å². The van der Waals surface area contributed by atoms with Gasteiger partial charge < -0.3 is 0 Å². The Morgan fingerprint density at radius 1 is 1.00 bits per heavy atom. The smallest absolute Gasteiger partial charge is 0.244 e. The average Bonchev–Trinajstić information content (AvgIpc) is 3.29. The molecule has 7 nitrogen and oxygen atoms in total. The third-order valence-electron chi connectivity index (χ3n) is 3.65. The zero-order valence-corrected chi connectivity index (χ0v) is 16.3. The zero-order chi connectivity index (χ0) is 18.6. The van der Waals surface area contributed by atoms with Gasteiger partial charge in [-0.25, -0.2) is 4.79 Å². The Morgan fingerprint density at radius 3 is 2.56 bits per heavy atom. The van der Waals surface area contributed by atoms with Gasteiger partial charge in [-0.15, -0.1) is 10.2 Å². The topological polar surface area (TPSA) is 78.5 Å². The highest BCUT2D eigenvalue weighted by Gasteiger charge is 2.12. The molecule has 0 amide bonds. The number of halogens is 1. The van der Waals surface area contributed by atoms with Crippen LogP contribution in [0, 0.1) is 0 Å². The van der Waals surface area contributed by atoms with Crippen LogP contribution in [0.15, 0.2) is 63.7 Å². The molecule has 0 aliphatic heterocycles. The fraction of sp³-hybridized carbons (Fsp3) is 0.118. The molecule has 2 heterocycles. The molecule has 136 valence electrons. The Kier molecular flexibility index (Phi) is 5.33. The predicted molar refractivity (Wildman–Crippen MR) is 106 cm³/mol. The highest BCUT2D eigenvalue weighted by Crippen LogP contribution is 2.26. The fourth-order valence-corrected chi connectivity index (χ4v) is 4.29. The van der Waals surface area contributed by atoms with Crippen molar-refractivity contribution in [1.29, 1.82) is 0 Å². The second-order valence-corrected chi connectivity index (χ2v) is 8.26. The summed E-state index contributed by atoms with van der Waals surface area (Å²) in [5.74, 6) is 0.822. The third-order valence-corrected chi connectivity index (χ3v) is 6.01. The molecule has 27 heavy (non-hydrogen) atoms. The summed E-state index contributed by atoms with van der Waals surface area (Å²) in [7, 11) is 0. The minimum absolute atomic E-state index is 0.232. The summed E-state index contributed by atoms with van der Waals surface area (Å²) in [6, 6.07) is 17.0. The van der Waals surface area contributed by atoms with E-state index in [9.17, 15) is 4.79 Å². The lowest BCUT2D eigenvalue weighted by atomic mass is 10.2. The Balaban J connectivity index is 1.45. The number of hydrogen-bond acceptors (Lipinski definition) is 7. The largest absolute Gasteiger partial charge is 0.368 e. The van der Waals surface area contributed by atoms with E-state index in [1.807, 2.05) is 18.2 Å². The van der Waals surface area contributed by atoms with Crippen molar-refractivity contribution in [2.75, 3.05) is 0 Å². The van der Waals surface area contributed by atoms with Gasteiger partial charge in [0, 0.05) is 10.8 Å². The Bertz CT molecular complexity index is 1090. The van der Waals surface area contributed by atoms with E-state index in [2.05, 4.69) is 32.8 Å². The minimum atomic E-state index is -0.342. The molecule has 0 saturated carbocycles. The van der Waals surface area contributed by atoms with Crippen LogP contribution in [0.25, 0.3) is 5.69 Å². The highest BCUT2D eigenvalue weighted by molar-refractivity contribution is 8.00. The first kappa shape index (κ1) is 17.9. The van der Waals surface area contributed by atoms with Crippen LogP contribution >= 0.6 is 34.7 Å². The van der Waals surface area contributed by atoms with Gasteiger partial charge in [0.15, 0.2) is 4.34 Å². The fourth-order valence-electron chi connectivity index (χ4n) is 2.33. The quantitative estimate of drug-likeness (QED) is 0.449. The number of nitrogens with zero attached hydrogens (tertiary/aromatic N) is 6. The number of thioether (sulfide) groups is 1. The normalized spacial score (nSPS) is 11.0. The number of aromatic nitrogens is 6. The Hall–Kier alpha value is -2.49. The summed E-state index contributed by atoms with van der Waals surface area (Å²) in [6.45, 7) is 0.232. The van der Waals surface area contributed by atoms with Gasteiger partial charge in [0.25, 0.3) is 0 Å². The van der Waals surface area contributed by atoms with E-state index in [1.54, 1.807) is 36.0 Å². The first-order valence-electron chi connectivity index (χ1n) is 7.97. The van der Waals surface area contributed by atoms with Crippen molar-refractivity contribution < 1.29 is 0 Å². The molecule has 4 rings (SSSR count). The molecule has 0 fully saturated rings. The zero-order valence-electron chi connectivity index (χ0n) is 13.9. The van der Waals surface area contributed by atoms with E-state index < -0.39 is 0 Å². The second kappa shape index (κ2) is 8.03. The van der Waals surface area contributed by atoms with Crippen molar-refractivity contribution in [2.45, 2.75) is 16.6 Å². The lowest BCUT2D eigenvalue weighted by Gasteiger charge is -1.97. The molecule has 10 heteroatoms. The summed E-state index contributed by atoms with van der Waals surface area (Å²) in [5.41, 5.74) is 1.49. The van der Waals surface area contributed by atoms with Gasteiger partial charge in [-0.1, -0.05) is 65.0 Å². The van der Waals surface area contributed by atoms with E-state index in [-0.39, 0.29) is 12.2 Å². The summed E-state index contributed by atoms with van der Waals surface area (Å²) < 4.78 is 3.34. The summed E-state index contributed by atoms with van der Waals surface area (Å²) >= 11 is 8.94. The molecule has 2 aromatic heterocycles. The molecular formula is C17H13ClN6OS2. The van der Waals surface area contributed by atoms with Crippen LogP contribution in [0.4, 0.5) is 0 Å². The third kappa shape index (κ3) is 4.26. The average molecular weight is 417 g/mol. The van der Waals surface area contributed by atoms with Crippen LogP contribution < -0.4 is 5.69 Å². The molecule has 0 atom stereocenters. The maximum Gasteiger partial charge on any atom is 0.368 e. The molecule has 0 saturated heterocycles. The van der Waals surface area contributed by atoms with Gasteiger partial charge in [0.05, 0.1) is 5.69 Å². The summed E-state index contributed by atoms with van der Waals surface area (Å²) in [4.78, 5) is 12.5. The molecule has 0 bridgehead atoms. The van der Waals surface area contributed by atoms with Gasteiger partial charge in [-0.05, 0) is 40.3 Å². The first-order valence-corrected chi connectivity index (χ1v) is 10.1. The molecule has 2 aromatic carbocycles. The van der Waals surface area contributed by atoms with Crippen LogP contribution in [-0.2, 0) is 12.3 Å². The minimum Gasteiger partial charge on any atom is -0.244 e. The first-order chi connectivity index (χ1) is 13.2. The van der Waals surface area contributed by atoms with Gasteiger partial charge >= 0.3 is 5.69 Å². The predicted octanol–water partition coefficient (Wildman–Crippen LogP) is 3.27. The van der Waals surface area contributed by atoms with Crippen molar-refractivity contribution in [3.63, 3.8) is 0 Å². The lowest BCUT2D eigenvalue weighted by Crippen LogP contribution is -2.24. The van der Waals surface area contributed by atoms with E-state index in [1.165, 1.54) is 26.3 Å². The molecule has 0 unspecified atom stereocenters. The molecule has 0 aliphatic rings. The van der Waals surface area contributed by atoms with Crippen molar-refractivity contribution in [3.8, 4) is 5.69 Å². The van der Waals surface area contributed by atoms with E-state index >= 15 is 0 Å². The van der Waals surface area contributed by atoms with E-state index in [4.69, 9.17) is 11.6 Å². The monoisotopic (exact) mass is 416 g/mol. The van der Waals surface area contributed by atoms with Crippen LogP contribution in [0.3, 0.4) is 0 Å². The SMILES string of the molecule is O=c1n(Cc2nnc(SCc3ccccc3)s2)nnn1-c1ccc(Cl)cc1. The Labute approximate surface area is 167 Å². The molecule has 4 aromatic rings. The number of rotatable bonds is 6. The van der Waals surface area contributed by atoms with Crippen LogP contribution in [0.5, 0.6) is 0 Å². The van der Waals surface area contributed by atoms with E-state index in [0.29, 0.717) is 15.7 Å². The molecule has 0 N–H and O–H groups in total. The molecular weight excluding hydrogens is 404 g/mol. The van der Waals surface area contributed by atoms with Crippen molar-refractivity contribution in [2.24, 2.45) is 0 Å². The van der Waals surface area contributed by atoms with E-state index in [0.717, 1.165) is 10.1 Å². The second-order valence-electron chi connectivity index (χ2n) is 5.54. The number of hydrogen-bond donors (Lipinski definition) is 0. The van der Waals surface area contributed by atoms with Gasteiger partial charge in [-0.2, -0.15) is 9.36 Å². The van der Waals surface area contributed by atoms with Crippen molar-refractivity contribution in [3.05, 3.63) is 80.7 Å². The summed E-state index contributed by atoms with van der Waals surface area (Å²) in [5, 5.41) is 17.5. The number of tetrazole rings is 1. The summed E-state index contributed by atoms with van der Waals surface area (Å²) in [6.07, 6.45) is 0.